The van der Waals surface area contributed by atoms with Crippen LogP contribution in [0.25, 0.3) is 0 Å². The van der Waals surface area contributed by atoms with Crippen molar-refractivity contribution in [1.29, 1.82) is 0 Å². The molecule has 2 aromatic carbocycles. The van der Waals surface area contributed by atoms with Crippen LogP contribution < -0.4 is 10.6 Å². The smallest absolute Gasteiger partial charge is 0.352 e. The summed E-state index contributed by atoms with van der Waals surface area (Å²) >= 11 is 0. The number of amides is 1. The number of nitrogens with zero attached hydrogens (tertiary/aromatic N) is 2. The van der Waals surface area contributed by atoms with Crippen molar-refractivity contribution in [3.05, 3.63) is 71.3 Å². The number of likely N-dealkylation sites (N-methyl/N-ethyl adjacent to an activating group) is 1. The summed E-state index contributed by atoms with van der Waals surface area (Å²) in [5.41, 5.74) is 0.722. The molecule has 8 heteroatoms. The Bertz CT molecular complexity index is 805. The van der Waals surface area contributed by atoms with Gasteiger partial charge in [-0.05, 0) is 23.3 Å². The molecule has 5 nitrogen and oxygen atoms in total. The molecule has 0 radical (unpaired) electrons. The molecule has 0 heterocycles. The van der Waals surface area contributed by atoms with Gasteiger partial charge in [-0.15, -0.1) is 0 Å². The molecule has 0 aliphatic heterocycles. The standard InChI is InChI=1S/C20H23F3N4O/c1-27(2)18(28)14-26-19(24-12-15-7-4-3-5-8-15)25-13-16-9-6-10-17(11-16)20(21,22)23/h3-11H,12-14H2,1-2H3,(H2,24,25,26). The van der Waals surface area contributed by atoms with Crippen molar-refractivity contribution in [3.8, 4) is 0 Å². The molecule has 0 bridgehead atoms. The minimum Gasteiger partial charge on any atom is -0.352 e. The molecule has 0 unspecified atom stereocenters. The number of aliphatic imine (C=N–C) groups is 1. The third-order valence-corrected chi connectivity index (χ3v) is 3.88. The minimum absolute atomic E-state index is 0.0240. The van der Waals surface area contributed by atoms with E-state index in [0.717, 1.165) is 17.7 Å². The molecule has 2 aromatic rings. The van der Waals surface area contributed by atoms with Crippen LogP contribution in [-0.4, -0.2) is 37.4 Å². The highest BCUT2D eigenvalue weighted by Gasteiger charge is 2.30. The van der Waals surface area contributed by atoms with E-state index in [1.54, 1.807) is 20.2 Å². The van der Waals surface area contributed by atoms with Crippen molar-refractivity contribution in [2.24, 2.45) is 4.99 Å². The van der Waals surface area contributed by atoms with Crippen LogP contribution >= 0.6 is 0 Å². The van der Waals surface area contributed by atoms with E-state index in [-0.39, 0.29) is 19.0 Å². The Labute approximate surface area is 162 Å². The van der Waals surface area contributed by atoms with Gasteiger partial charge < -0.3 is 15.5 Å². The van der Waals surface area contributed by atoms with Crippen molar-refractivity contribution in [2.75, 3.05) is 20.6 Å². The van der Waals surface area contributed by atoms with Crippen LogP contribution in [0.4, 0.5) is 13.2 Å². The van der Waals surface area contributed by atoms with Gasteiger partial charge in [-0.1, -0.05) is 42.5 Å². The maximum Gasteiger partial charge on any atom is 0.416 e. The quantitative estimate of drug-likeness (QED) is 0.587. The molecule has 0 saturated carbocycles. The summed E-state index contributed by atoms with van der Waals surface area (Å²) in [5.74, 6) is 0.199. The monoisotopic (exact) mass is 392 g/mol. The zero-order chi connectivity index (χ0) is 20.6. The van der Waals surface area contributed by atoms with Crippen LogP contribution in [0.3, 0.4) is 0 Å². The fraction of sp³-hybridized carbons (Fsp3) is 0.300. The fourth-order valence-electron chi connectivity index (χ4n) is 2.29. The van der Waals surface area contributed by atoms with Crippen molar-refractivity contribution < 1.29 is 18.0 Å². The Balaban J connectivity index is 2.09. The van der Waals surface area contributed by atoms with E-state index in [9.17, 15) is 18.0 Å². The summed E-state index contributed by atoms with van der Waals surface area (Å²) in [6.45, 7) is 0.534. The number of halogens is 3. The Morgan fingerprint density at radius 1 is 1.00 bits per heavy atom. The first kappa shape index (κ1) is 21.3. The third kappa shape index (κ3) is 6.94. The molecule has 2 N–H and O–H groups in total. The molecule has 0 saturated heterocycles. The SMILES string of the molecule is CN(C)C(=O)CNC(=NCc1cccc(C(F)(F)F)c1)NCc1ccccc1. The third-order valence-electron chi connectivity index (χ3n) is 3.88. The summed E-state index contributed by atoms with van der Waals surface area (Å²) in [4.78, 5) is 17.6. The molecule has 150 valence electrons. The maximum absolute atomic E-state index is 12.9. The molecule has 1 amide bonds. The van der Waals surface area contributed by atoms with Crippen LogP contribution in [0.2, 0.25) is 0 Å². The maximum atomic E-state index is 12.9. The van der Waals surface area contributed by atoms with E-state index in [0.29, 0.717) is 18.1 Å². The Morgan fingerprint density at radius 2 is 1.68 bits per heavy atom. The van der Waals surface area contributed by atoms with Gasteiger partial charge in [-0.3, -0.25) is 4.79 Å². The fourth-order valence-corrected chi connectivity index (χ4v) is 2.29. The molecular formula is C20H23F3N4O. The van der Waals surface area contributed by atoms with E-state index >= 15 is 0 Å². The molecule has 0 fully saturated rings. The predicted octanol–water partition coefficient (Wildman–Crippen LogP) is 3.03. The highest BCUT2D eigenvalue weighted by molar-refractivity contribution is 5.86. The number of hydrogen-bond acceptors (Lipinski definition) is 2. The van der Waals surface area contributed by atoms with Crippen LogP contribution in [0.1, 0.15) is 16.7 Å². The van der Waals surface area contributed by atoms with Crippen molar-refractivity contribution in [1.82, 2.24) is 15.5 Å². The van der Waals surface area contributed by atoms with Crippen molar-refractivity contribution in [2.45, 2.75) is 19.3 Å². The summed E-state index contributed by atoms with van der Waals surface area (Å²) < 4.78 is 38.6. The van der Waals surface area contributed by atoms with Gasteiger partial charge in [0.05, 0.1) is 18.7 Å². The van der Waals surface area contributed by atoms with Crippen molar-refractivity contribution in [3.63, 3.8) is 0 Å². The first-order valence-corrected chi connectivity index (χ1v) is 8.68. The van der Waals surface area contributed by atoms with Crippen LogP contribution in [0.15, 0.2) is 59.6 Å². The summed E-state index contributed by atoms with van der Waals surface area (Å²) in [7, 11) is 3.28. The Morgan fingerprint density at radius 3 is 2.32 bits per heavy atom. The molecule has 0 spiro atoms. The number of alkyl halides is 3. The van der Waals surface area contributed by atoms with Crippen LogP contribution in [-0.2, 0) is 24.1 Å². The number of rotatable bonds is 6. The van der Waals surface area contributed by atoms with Crippen molar-refractivity contribution >= 4 is 11.9 Å². The highest BCUT2D eigenvalue weighted by Crippen LogP contribution is 2.29. The topological polar surface area (TPSA) is 56.7 Å². The lowest BCUT2D eigenvalue weighted by Crippen LogP contribution is -2.42. The number of guanidine groups is 1. The second-order valence-electron chi connectivity index (χ2n) is 6.34. The van der Waals surface area contributed by atoms with Gasteiger partial charge in [0, 0.05) is 20.6 Å². The molecule has 0 atom stereocenters. The van der Waals surface area contributed by atoms with Gasteiger partial charge in [-0.25, -0.2) is 4.99 Å². The molecule has 0 aliphatic rings. The molecule has 28 heavy (non-hydrogen) atoms. The van der Waals surface area contributed by atoms with E-state index in [4.69, 9.17) is 0 Å². The number of nitrogens with one attached hydrogen (secondary N) is 2. The number of hydrogen-bond donors (Lipinski definition) is 2. The molecule has 0 aliphatic carbocycles. The Hall–Kier alpha value is -3.03. The van der Waals surface area contributed by atoms with Gasteiger partial charge in [0.1, 0.15) is 0 Å². The summed E-state index contributed by atoms with van der Waals surface area (Å²) in [5, 5.41) is 6.00. The Kier molecular flexibility index (Phi) is 7.43. The molecule has 0 aromatic heterocycles. The minimum atomic E-state index is -4.40. The average molecular weight is 392 g/mol. The van der Waals surface area contributed by atoms with Gasteiger partial charge in [0.25, 0.3) is 0 Å². The van der Waals surface area contributed by atoms with Crippen LogP contribution in [0.5, 0.6) is 0 Å². The predicted molar refractivity (Wildman–Crippen MR) is 103 cm³/mol. The van der Waals surface area contributed by atoms with Gasteiger partial charge in [0.15, 0.2) is 5.96 Å². The van der Waals surface area contributed by atoms with Gasteiger partial charge in [-0.2, -0.15) is 13.2 Å². The lowest BCUT2D eigenvalue weighted by atomic mass is 10.1. The molecule has 2 rings (SSSR count). The second-order valence-corrected chi connectivity index (χ2v) is 6.34. The highest BCUT2D eigenvalue weighted by atomic mass is 19.4. The van der Waals surface area contributed by atoms with E-state index in [1.807, 2.05) is 30.3 Å². The number of carbonyl (C=O) groups is 1. The zero-order valence-electron chi connectivity index (χ0n) is 15.8. The van der Waals surface area contributed by atoms with Crippen LogP contribution in [0, 0.1) is 0 Å². The van der Waals surface area contributed by atoms with Gasteiger partial charge >= 0.3 is 6.18 Å². The number of benzene rings is 2. The number of carbonyl (C=O) groups excluding carboxylic acids is 1. The van der Waals surface area contributed by atoms with E-state index in [2.05, 4.69) is 15.6 Å². The zero-order valence-corrected chi connectivity index (χ0v) is 15.8. The van der Waals surface area contributed by atoms with Gasteiger partial charge in [0.2, 0.25) is 5.91 Å². The first-order chi connectivity index (χ1) is 13.3. The first-order valence-electron chi connectivity index (χ1n) is 8.68. The second kappa shape index (κ2) is 9.77. The normalized spacial score (nSPS) is 11.8. The average Bonchev–Trinajstić information content (AvgIpc) is 2.67. The van der Waals surface area contributed by atoms with E-state index < -0.39 is 11.7 Å². The summed E-state index contributed by atoms with van der Waals surface area (Å²) in [6, 6.07) is 14.6. The lowest BCUT2D eigenvalue weighted by molar-refractivity contribution is -0.137. The lowest BCUT2D eigenvalue weighted by Gasteiger charge is -2.15. The molecular weight excluding hydrogens is 369 g/mol. The largest absolute Gasteiger partial charge is 0.416 e. The summed E-state index contributed by atoms with van der Waals surface area (Å²) in [6.07, 6.45) is -4.40. The van der Waals surface area contributed by atoms with E-state index in [1.165, 1.54) is 11.0 Å².